The van der Waals surface area contributed by atoms with E-state index in [9.17, 15) is 14.7 Å². The highest BCUT2D eigenvalue weighted by atomic mass is 16.5. The molecule has 1 N–H and O–H groups in total. The summed E-state index contributed by atoms with van der Waals surface area (Å²) in [5.74, 6) is -2.48. The van der Waals surface area contributed by atoms with Crippen LogP contribution in [-0.2, 0) is 19.1 Å². The van der Waals surface area contributed by atoms with Crippen LogP contribution in [0.3, 0.4) is 0 Å². The van der Waals surface area contributed by atoms with E-state index in [2.05, 4.69) is 16.1 Å². The Hall–Kier alpha value is -1.36. The third-order valence-electron chi connectivity index (χ3n) is 1.75. The first-order valence-electron chi connectivity index (χ1n) is 4.03. The van der Waals surface area contributed by atoms with E-state index in [0.717, 1.165) is 7.11 Å². The molecule has 0 aromatic carbocycles. The number of methoxy groups -OCH3 is 2. The molecule has 2 unspecified atom stereocenters. The molecule has 0 saturated carbocycles. The van der Waals surface area contributed by atoms with Crippen molar-refractivity contribution in [1.29, 1.82) is 0 Å². The van der Waals surface area contributed by atoms with E-state index in [1.165, 1.54) is 13.2 Å². The number of allylic oxidation sites excluding steroid dienone is 1. The van der Waals surface area contributed by atoms with Crippen molar-refractivity contribution in [1.82, 2.24) is 0 Å². The first-order chi connectivity index (χ1) is 6.58. The number of hydrogen-bond acceptors (Lipinski definition) is 5. The van der Waals surface area contributed by atoms with Crippen molar-refractivity contribution in [3.8, 4) is 0 Å². The summed E-state index contributed by atoms with van der Waals surface area (Å²) in [5, 5.41) is 9.39. The van der Waals surface area contributed by atoms with Crippen molar-refractivity contribution >= 4 is 11.9 Å². The van der Waals surface area contributed by atoms with Gasteiger partial charge in [-0.2, -0.15) is 0 Å². The van der Waals surface area contributed by atoms with Gasteiger partial charge in [0, 0.05) is 0 Å². The lowest BCUT2D eigenvalue weighted by Crippen LogP contribution is -2.36. The summed E-state index contributed by atoms with van der Waals surface area (Å²) in [5.41, 5.74) is 0. The second-order valence-electron chi connectivity index (χ2n) is 2.62. The Labute approximate surface area is 82.3 Å². The number of esters is 2. The van der Waals surface area contributed by atoms with Crippen LogP contribution in [0, 0.1) is 5.92 Å². The molecular formula is C9H14O5. The van der Waals surface area contributed by atoms with Crippen LogP contribution >= 0.6 is 0 Å². The van der Waals surface area contributed by atoms with Crippen LogP contribution in [0.15, 0.2) is 12.7 Å². The quantitative estimate of drug-likeness (QED) is 0.497. The van der Waals surface area contributed by atoms with E-state index in [4.69, 9.17) is 0 Å². The second-order valence-corrected chi connectivity index (χ2v) is 2.62. The third kappa shape index (κ3) is 3.18. The van der Waals surface area contributed by atoms with E-state index in [-0.39, 0.29) is 6.42 Å². The number of ether oxygens (including phenoxy) is 2. The molecule has 0 radical (unpaired) electrons. The first-order valence-corrected chi connectivity index (χ1v) is 4.03. The fraction of sp³-hybridized carbons (Fsp3) is 0.556. The fourth-order valence-corrected chi connectivity index (χ4v) is 0.970. The van der Waals surface area contributed by atoms with Gasteiger partial charge >= 0.3 is 11.9 Å². The van der Waals surface area contributed by atoms with E-state index in [0.29, 0.717) is 0 Å². The standard InChI is InChI=1S/C9H14O5/c1-4-5-6(8(11)13-2)7(10)9(12)14-3/h4,6-7,10H,1,5H2,2-3H3. The summed E-state index contributed by atoms with van der Waals surface area (Å²) in [6.45, 7) is 3.41. The maximum absolute atomic E-state index is 11.1. The van der Waals surface area contributed by atoms with Crippen molar-refractivity contribution in [3.05, 3.63) is 12.7 Å². The molecule has 0 aromatic heterocycles. The average Bonchev–Trinajstić information content (AvgIpc) is 2.22. The number of aliphatic hydroxyl groups is 1. The smallest absolute Gasteiger partial charge is 0.335 e. The third-order valence-corrected chi connectivity index (χ3v) is 1.75. The van der Waals surface area contributed by atoms with Crippen molar-refractivity contribution in [2.75, 3.05) is 14.2 Å². The molecule has 80 valence electrons. The summed E-state index contributed by atoms with van der Waals surface area (Å²) in [4.78, 5) is 22.1. The molecule has 5 heteroatoms. The van der Waals surface area contributed by atoms with Gasteiger partial charge in [0.15, 0.2) is 6.10 Å². The van der Waals surface area contributed by atoms with Gasteiger partial charge in [0.1, 0.15) is 0 Å². The number of carbonyl (C=O) groups excluding carboxylic acids is 2. The Kier molecular flexibility index (Phi) is 5.55. The Morgan fingerprint density at radius 1 is 1.36 bits per heavy atom. The summed E-state index contributed by atoms with van der Waals surface area (Å²) in [6, 6.07) is 0. The molecule has 0 aliphatic rings. The highest BCUT2D eigenvalue weighted by molar-refractivity contribution is 5.83. The fourth-order valence-electron chi connectivity index (χ4n) is 0.970. The van der Waals surface area contributed by atoms with Crippen LogP contribution in [0.25, 0.3) is 0 Å². The predicted octanol–water partition coefficient (Wildman–Crippen LogP) is -0.114. The number of rotatable bonds is 5. The Balaban J connectivity index is 4.54. The van der Waals surface area contributed by atoms with Gasteiger partial charge in [0.05, 0.1) is 20.1 Å². The Bertz CT molecular complexity index is 223. The molecule has 0 amide bonds. The van der Waals surface area contributed by atoms with Gasteiger partial charge in [-0.25, -0.2) is 4.79 Å². The molecule has 0 aliphatic carbocycles. The van der Waals surface area contributed by atoms with Gasteiger partial charge in [-0.05, 0) is 6.42 Å². The zero-order valence-electron chi connectivity index (χ0n) is 8.23. The van der Waals surface area contributed by atoms with Crippen LogP contribution in [0.5, 0.6) is 0 Å². The van der Waals surface area contributed by atoms with Crippen molar-refractivity contribution < 1.29 is 24.2 Å². The van der Waals surface area contributed by atoms with Gasteiger partial charge < -0.3 is 14.6 Å². The lowest BCUT2D eigenvalue weighted by Gasteiger charge is -2.16. The monoisotopic (exact) mass is 202 g/mol. The summed E-state index contributed by atoms with van der Waals surface area (Å²) in [6.07, 6.45) is 0.0712. The Morgan fingerprint density at radius 2 is 1.86 bits per heavy atom. The largest absolute Gasteiger partial charge is 0.469 e. The highest BCUT2D eigenvalue weighted by Gasteiger charge is 2.32. The second kappa shape index (κ2) is 6.15. The molecule has 14 heavy (non-hydrogen) atoms. The van der Waals surface area contributed by atoms with Gasteiger partial charge in [0.25, 0.3) is 0 Å². The zero-order chi connectivity index (χ0) is 11.1. The van der Waals surface area contributed by atoms with E-state index >= 15 is 0 Å². The topological polar surface area (TPSA) is 72.8 Å². The number of hydrogen-bond donors (Lipinski definition) is 1. The predicted molar refractivity (Wildman–Crippen MR) is 48.3 cm³/mol. The van der Waals surface area contributed by atoms with Crippen molar-refractivity contribution in [2.24, 2.45) is 5.92 Å². The molecule has 0 aromatic rings. The van der Waals surface area contributed by atoms with Gasteiger partial charge in [-0.1, -0.05) is 6.08 Å². The normalized spacial score (nSPS) is 13.9. The SMILES string of the molecule is C=CCC(C(=O)OC)C(O)C(=O)OC. The molecule has 0 bridgehead atoms. The molecule has 2 atom stereocenters. The lowest BCUT2D eigenvalue weighted by atomic mass is 9.99. The minimum Gasteiger partial charge on any atom is -0.469 e. The summed E-state index contributed by atoms with van der Waals surface area (Å²) >= 11 is 0. The van der Waals surface area contributed by atoms with Crippen LogP contribution in [0.1, 0.15) is 6.42 Å². The molecule has 0 saturated heterocycles. The van der Waals surface area contributed by atoms with E-state index < -0.39 is 24.0 Å². The van der Waals surface area contributed by atoms with Crippen molar-refractivity contribution in [3.63, 3.8) is 0 Å². The minimum absolute atomic E-state index is 0.156. The van der Waals surface area contributed by atoms with Crippen LogP contribution in [0.4, 0.5) is 0 Å². The molecule has 0 rings (SSSR count). The first kappa shape index (κ1) is 12.6. The molecule has 5 nitrogen and oxygen atoms in total. The zero-order valence-corrected chi connectivity index (χ0v) is 8.23. The van der Waals surface area contributed by atoms with Gasteiger partial charge in [0.2, 0.25) is 0 Å². The molecule has 0 spiro atoms. The lowest BCUT2D eigenvalue weighted by molar-refractivity contribution is -0.163. The van der Waals surface area contributed by atoms with Crippen LogP contribution < -0.4 is 0 Å². The highest BCUT2D eigenvalue weighted by Crippen LogP contribution is 2.13. The molecule has 0 fully saturated rings. The van der Waals surface area contributed by atoms with Crippen molar-refractivity contribution in [2.45, 2.75) is 12.5 Å². The van der Waals surface area contributed by atoms with Crippen LogP contribution in [0.2, 0.25) is 0 Å². The molecular weight excluding hydrogens is 188 g/mol. The van der Waals surface area contributed by atoms with Gasteiger partial charge in [-0.3, -0.25) is 4.79 Å². The summed E-state index contributed by atoms with van der Waals surface area (Å²) < 4.78 is 8.73. The van der Waals surface area contributed by atoms with Gasteiger partial charge in [-0.15, -0.1) is 6.58 Å². The number of aliphatic hydroxyl groups excluding tert-OH is 1. The minimum atomic E-state index is -1.51. The Morgan fingerprint density at radius 3 is 2.21 bits per heavy atom. The molecule has 0 aliphatic heterocycles. The van der Waals surface area contributed by atoms with E-state index in [1.807, 2.05) is 0 Å². The van der Waals surface area contributed by atoms with Crippen LogP contribution in [-0.4, -0.2) is 37.4 Å². The number of carbonyl (C=O) groups is 2. The maximum Gasteiger partial charge on any atom is 0.335 e. The van der Waals surface area contributed by atoms with E-state index in [1.54, 1.807) is 0 Å². The maximum atomic E-state index is 11.1. The average molecular weight is 202 g/mol. The molecule has 0 heterocycles. The summed E-state index contributed by atoms with van der Waals surface area (Å²) in [7, 11) is 2.32.